The fourth-order valence-electron chi connectivity index (χ4n) is 2.55. The summed E-state index contributed by atoms with van der Waals surface area (Å²) in [5.74, 6) is 0.356. The molecule has 1 rings (SSSR count). The summed E-state index contributed by atoms with van der Waals surface area (Å²) in [4.78, 5) is 26.8. The van der Waals surface area contributed by atoms with Crippen molar-refractivity contribution >= 4 is 11.8 Å². The van der Waals surface area contributed by atoms with E-state index in [0.29, 0.717) is 6.54 Å². The summed E-state index contributed by atoms with van der Waals surface area (Å²) in [7, 11) is 0. The zero-order valence-electron chi connectivity index (χ0n) is 14.9. The maximum atomic E-state index is 12.7. The Hall–Kier alpha value is -1.10. The second-order valence-electron chi connectivity index (χ2n) is 7.24. The third-order valence-electron chi connectivity index (χ3n) is 4.94. The molecule has 0 aliphatic carbocycles. The number of likely N-dealkylation sites (tertiary alicyclic amines) is 1. The van der Waals surface area contributed by atoms with Gasteiger partial charge in [0.1, 0.15) is 0 Å². The molecule has 2 N–H and O–H groups in total. The zero-order valence-corrected chi connectivity index (χ0v) is 14.9. The van der Waals surface area contributed by atoms with Crippen molar-refractivity contribution in [1.82, 2.24) is 15.8 Å². The molecule has 0 bridgehead atoms. The Bertz CT molecular complexity index is 380. The number of unbranched alkanes of at least 4 members (excludes halogenated alkanes) is 1. The van der Waals surface area contributed by atoms with Gasteiger partial charge in [0.05, 0.1) is 5.92 Å². The van der Waals surface area contributed by atoms with Crippen molar-refractivity contribution in [2.75, 3.05) is 19.6 Å². The van der Waals surface area contributed by atoms with Gasteiger partial charge in [0.15, 0.2) is 0 Å². The Morgan fingerprint density at radius 2 is 2.00 bits per heavy atom. The van der Waals surface area contributed by atoms with E-state index in [1.165, 1.54) is 0 Å². The number of hydrogen-bond donors (Lipinski definition) is 2. The van der Waals surface area contributed by atoms with Gasteiger partial charge in [0.25, 0.3) is 0 Å². The van der Waals surface area contributed by atoms with Gasteiger partial charge in [-0.15, -0.1) is 0 Å². The summed E-state index contributed by atoms with van der Waals surface area (Å²) in [5.41, 5.74) is 5.38. The lowest BCUT2D eigenvalue weighted by molar-refractivity contribution is -0.145. The second kappa shape index (κ2) is 8.51. The van der Waals surface area contributed by atoms with E-state index in [-0.39, 0.29) is 29.1 Å². The fourth-order valence-corrected chi connectivity index (χ4v) is 2.55. The fraction of sp³-hybridized carbons (Fsp3) is 0.882. The summed E-state index contributed by atoms with van der Waals surface area (Å²) in [5, 5.41) is 0. The monoisotopic (exact) mass is 311 g/mol. The highest BCUT2D eigenvalue weighted by Gasteiger charge is 2.37. The quantitative estimate of drug-likeness (QED) is 0.560. The van der Waals surface area contributed by atoms with E-state index in [9.17, 15) is 9.59 Å². The molecule has 0 aromatic carbocycles. The molecular formula is C17H33N3O2. The highest BCUT2D eigenvalue weighted by atomic mass is 16.2. The molecule has 0 aromatic heterocycles. The Balaban J connectivity index is 2.54. The standard InChI is InChI=1S/C17H33N3O2/c1-6-7-10-18-19-15(21)14-9-8-11-20(12-14)16(22)17(4,5)13(2)3/h13-14,18H,6-12H2,1-5H3,(H,19,21). The predicted molar refractivity (Wildman–Crippen MR) is 89.0 cm³/mol. The van der Waals surface area contributed by atoms with Crippen LogP contribution in [0.2, 0.25) is 0 Å². The number of nitrogens with zero attached hydrogens (tertiary/aromatic N) is 1. The van der Waals surface area contributed by atoms with Crippen molar-refractivity contribution in [2.45, 2.75) is 60.3 Å². The summed E-state index contributed by atoms with van der Waals surface area (Å²) < 4.78 is 0. The average Bonchev–Trinajstić information content (AvgIpc) is 2.50. The first-order valence-electron chi connectivity index (χ1n) is 8.62. The number of amides is 2. The molecular weight excluding hydrogens is 278 g/mol. The lowest BCUT2D eigenvalue weighted by Crippen LogP contribution is -2.52. The maximum absolute atomic E-state index is 12.7. The van der Waals surface area contributed by atoms with Crippen LogP contribution in [0.4, 0.5) is 0 Å². The van der Waals surface area contributed by atoms with Crippen LogP contribution in [0.1, 0.15) is 60.3 Å². The lowest BCUT2D eigenvalue weighted by Gasteiger charge is -2.38. The van der Waals surface area contributed by atoms with Crippen LogP contribution in [0, 0.1) is 17.3 Å². The molecule has 1 fully saturated rings. The van der Waals surface area contributed by atoms with E-state index in [2.05, 4.69) is 31.6 Å². The normalized spacial score (nSPS) is 19.4. The second-order valence-corrected chi connectivity index (χ2v) is 7.24. The van der Waals surface area contributed by atoms with Crippen molar-refractivity contribution in [3.8, 4) is 0 Å². The molecule has 22 heavy (non-hydrogen) atoms. The van der Waals surface area contributed by atoms with E-state index in [4.69, 9.17) is 0 Å². The Kier molecular flexibility index (Phi) is 7.33. The molecule has 2 amide bonds. The minimum atomic E-state index is -0.377. The number of carbonyl (C=O) groups excluding carboxylic acids is 2. The van der Waals surface area contributed by atoms with Gasteiger partial charge in [0, 0.05) is 25.0 Å². The Morgan fingerprint density at radius 3 is 2.59 bits per heavy atom. The highest BCUT2D eigenvalue weighted by molar-refractivity contribution is 5.84. The predicted octanol–water partition coefficient (Wildman–Crippen LogP) is 2.33. The molecule has 1 unspecified atom stereocenters. The molecule has 1 aliphatic rings. The first-order valence-corrected chi connectivity index (χ1v) is 8.62. The van der Waals surface area contributed by atoms with Gasteiger partial charge in [-0.1, -0.05) is 41.0 Å². The lowest BCUT2D eigenvalue weighted by atomic mass is 9.79. The summed E-state index contributed by atoms with van der Waals surface area (Å²) in [6.07, 6.45) is 3.89. The largest absolute Gasteiger partial charge is 0.341 e. The first-order chi connectivity index (χ1) is 10.3. The van der Waals surface area contributed by atoms with Gasteiger partial charge < -0.3 is 4.90 Å². The van der Waals surface area contributed by atoms with Crippen molar-refractivity contribution in [2.24, 2.45) is 17.3 Å². The Morgan fingerprint density at radius 1 is 1.32 bits per heavy atom. The smallest absolute Gasteiger partial charge is 0.238 e. The zero-order chi connectivity index (χ0) is 16.8. The molecule has 1 heterocycles. The summed E-state index contributed by atoms with van der Waals surface area (Å²) in [6.45, 7) is 12.3. The number of carbonyl (C=O) groups is 2. The van der Waals surface area contributed by atoms with E-state index in [1.54, 1.807) is 0 Å². The molecule has 128 valence electrons. The molecule has 1 saturated heterocycles. The number of nitrogens with one attached hydrogen (secondary N) is 2. The van der Waals surface area contributed by atoms with Crippen molar-refractivity contribution in [1.29, 1.82) is 0 Å². The van der Waals surface area contributed by atoms with Crippen LogP contribution in [0.3, 0.4) is 0 Å². The molecule has 5 nitrogen and oxygen atoms in total. The van der Waals surface area contributed by atoms with Crippen LogP contribution >= 0.6 is 0 Å². The van der Waals surface area contributed by atoms with Gasteiger partial charge in [-0.25, -0.2) is 5.43 Å². The van der Waals surface area contributed by atoms with Crippen LogP contribution in [-0.2, 0) is 9.59 Å². The third-order valence-corrected chi connectivity index (χ3v) is 4.94. The SMILES string of the molecule is CCCCNNC(=O)C1CCCN(C(=O)C(C)(C)C(C)C)C1. The minimum Gasteiger partial charge on any atom is -0.341 e. The molecule has 0 saturated carbocycles. The average molecular weight is 311 g/mol. The highest BCUT2D eigenvalue weighted by Crippen LogP contribution is 2.30. The van der Waals surface area contributed by atoms with Gasteiger partial charge in [0.2, 0.25) is 11.8 Å². The van der Waals surface area contributed by atoms with Crippen LogP contribution in [0.5, 0.6) is 0 Å². The number of hydrazine groups is 1. The summed E-state index contributed by atoms with van der Waals surface area (Å²) in [6, 6.07) is 0. The van der Waals surface area contributed by atoms with E-state index >= 15 is 0 Å². The van der Waals surface area contributed by atoms with E-state index in [0.717, 1.165) is 38.8 Å². The minimum absolute atomic E-state index is 0.0101. The van der Waals surface area contributed by atoms with Gasteiger partial charge in [-0.3, -0.25) is 15.0 Å². The van der Waals surface area contributed by atoms with Crippen molar-refractivity contribution in [3.63, 3.8) is 0 Å². The van der Waals surface area contributed by atoms with E-state index in [1.807, 2.05) is 18.7 Å². The number of piperidine rings is 1. The van der Waals surface area contributed by atoms with E-state index < -0.39 is 0 Å². The van der Waals surface area contributed by atoms with Crippen molar-refractivity contribution < 1.29 is 9.59 Å². The molecule has 1 atom stereocenters. The van der Waals surface area contributed by atoms with Gasteiger partial charge in [-0.05, 0) is 25.2 Å². The first kappa shape index (κ1) is 18.9. The van der Waals surface area contributed by atoms with Gasteiger partial charge in [-0.2, -0.15) is 0 Å². The Labute approximate surface area is 135 Å². The van der Waals surface area contributed by atoms with Crippen LogP contribution in [0.25, 0.3) is 0 Å². The molecule has 1 aliphatic heterocycles. The molecule has 0 spiro atoms. The van der Waals surface area contributed by atoms with Crippen LogP contribution < -0.4 is 10.9 Å². The van der Waals surface area contributed by atoms with Crippen LogP contribution in [-0.4, -0.2) is 36.3 Å². The number of hydrogen-bond acceptors (Lipinski definition) is 3. The summed E-state index contributed by atoms with van der Waals surface area (Å²) >= 11 is 0. The molecule has 5 heteroatoms. The maximum Gasteiger partial charge on any atom is 0.238 e. The third kappa shape index (κ3) is 4.97. The van der Waals surface area contributed by atoms with Crippen LogP contribution in [0.15, 0.2) is 0 Å². The van der Waals surface area contributed by atoms with Gasteiger partial charge >= 0.3 is 0 Å². The van der Waals surface area contributed by atoms with Crippen molar-refractivity contribution in [3.05, 3.63) is 0 Å². The number of rotatable bonds is 7. The molecule has 0 aromatic rings. The topological polar surface area (TPSA) is 61.4 Å². The molecule has 0 radical (unpaired) electrons.